The molecule has 4 rings (SSSR count). The Kier molecular flexibility index (Phi) is 3.69. The number of likely N-dealkylation sites (tertiary alicyclic amines) is 1. The number of hydrogen-bond donors (Lipinski definition) is 1. The van der Waals surface area contributed by atoms with Gasteiger partial charge in [0, 0.05) is 19.8 Å². The summed E-state index contributed by atoms with van der Waals surface area (Å²) in [7, 11) is 1.72. The molecule has 0 bridgehead atoms. The third-order valence-corrected chi connectivity index (χ3v) is 4.46. The minimum Gasteiger partial charge on any atom is -0.391 e. The molecule has 1 aliphatic rings. The first-order valence-electron chi connectivity index (χ1n) is 7.93. The van der Waals surface area contributed by atoms with Gasteiger partial charge >= 0.3 is 0 Å². The lowest BCUT2D eigenvalue weighted by atomic mass is 10.0. The zero-order valence-electron chi connectivity index (χ0n) is 13.5. The summed E-state index contributed by atoms with van der Waals surface area (Å²) in [5.74, 6) is -0.639. The summed E-state index contributed by atoms with van der Waals surface area (Å²) in [5.41, 5.74) is 2.14. The van der Waals surface area contributed by atoms with Gasteiger partial charge in [-0.25, -0.2) is 14.1 Å². The first-order chi connectivity index (χ1) is 12.0. The van der Waals surface area contributed by atoms with E-state index in [9.17, 15) is 14.3 Å². The molecule has 0 aliphatic carbocycles. The Balaban J connectivity index is 1.68. The number of rotatable bonds is 2. The van der Waals surface area contributed by atoms with Gasteiger partial charge in [0.15, 0.2) is 5.65 Å². The predicted molar refractivity (Wildman–Crippen MR) is 87.1 cm³/mol. The largest absolute Gasteiger partial charge is 0.391 e. The van der Waals surface area contributed by atoms with Gasteiger partial charge in [-0.3, -0.25) is 4.79 Å². The summed E-state index contributed by atoms with van der Waals surface area (Å²) in [6.07, 6.45) is 1.20. The Bertz CT molecular complexity index is 957. The molecule has 2 aromatic heterocycles. The fourth-order valence-corrected chi connectivity index (χ4v) is 3.28. The molecule has 2 atom stereocenters. The number of carbonyl (C=O) groups excluding carboxylic acids is 1. The number of aliphatic hydroxyl groups is 1. The number of aliphatic hydroxyl groups excluding tert-OH is 1. The first kappa shape index (κ1) is 15.6. The number of aromatic nitrogens is 4. The van der Waals surface area contributed by atoms with Crippen molar-refractivity contribution in [2.45, 2.75) is 18.6 Å². The quantitative estimate of drug-likeness (QED) is 0.763. The number of nitrogens with zero attached hydrogens (tertiary/aromatic N) is 5. The van der Waals surface area contributed by atoms with Crippen molar-refractivity contribution in [2.24, 2.45) is 7.05 Å². The number of hydrogen-bond acceptors (Lipinski definition) is 5. The Labute approximate surface area is 142 Å². The van der Waals surface area contributed by atoms with Gasteiger partial charge in [-0.2, -0.15) is 0 Å². The van der Waals surface area contributed by atoms with Crippen LogP contribution in [0.2, 0.25) is 0 Å². The van der Waals surface area contributed by atoms with Crippen LogP contribution >= 0.6 is 0 Å². The van der Waals surface area contributed by atoms with Crippen LogP contribution in [0.15, 0.2) is 36.5 Å². The van der Waals surface area contributed by atoms with E-state index in [1.54, 1.807) is 30.1 Å². The number of fused-ring (bicyclic) bond motifs is 1. The normalized spacial score (nSPS) is 20.4. The molecular weight excluding hydrogens is 325 g/mol. The molecule has 0 unspecified atom stereocenters. The average molecular weight is 341 g/mol. The Hall–Kier alpha value is -2.87. The zero-order valence-corrected chi connectivity index (χ0v) is 13.5. The Morgan fingerprint density at radius 3 is 3.00 bits per heavy atom. The topological polar surface area (TPSA) is 84.1 Å². The van der Waals surface area contributed by atoms with Crippen molar-refractivity contribution in [3.05, 3.63) is 53.5 Å². The van der Waals surface area contributed by atoms with E-state index >= 15 is 0 Å². The maximum absolute atomic E-state index is 13.6. The summed E-state index contributed by atoms with van der Waals surface area (Å²) >= 11 is 0. The zero-order chi connectivity index (χ0) is 17.6. The lowest BCUT2D eigenvalue weighted by molar-refractivity contribution is 0.0715. The summed E-state index contributed by atoms with van der Waals surface area (Å²) in [6, 6.07) is 7.36. The fraction of sp³-hybridized carbons (Fsp3) is 0.294. The number of amides is 1. The van der Waals surface area contributed by atoms with Gasteiger partial charge in [0.1, 0.15) is 11.3 Å². The Morgan fingerprint density at radius 2 is 2.20 bits per heavy atom. The lowest BCUT2D eigenvalue weighted by Gasteiger charge is -2.24. The highest BCUT2D eigenvalue weighted by molar-refractivity contribution is 5.96. The molecule has 1 N–H and O–H groups in total. The minimum atomic E-state index is -0.648. The highest BCUT2D eigenvalue weighted by Gasteiger charge is 2.36. The van der Waals surface area contributed by atoms with Gasteiger partial charge in [-0.1, -0.05) is 17.3 Å². The van der Waals surface area contributed by atoms with Gasteiger partial charge in [0.2, 0.25) is 0 Å². The predicted octanol–water partition coefficient (Wildman–Crippen LogP) is 1.45. The van der Waals surface area contributed by atoms with Crippen molar-refractivity contribution >= 4 is 17.1 Å². The van der Waals surface area contributed by atoms with Crippen LogP contribution in [0, 0.1) is 5.82 Å². The van der Waals surface area contributed by atoms with Gasteiger partial charge < -0.3 is 10.0 Å². The number of benzene rings is 1. The molecule has 1 aliphatic heterocycles. The van der Waals surface area contributed by atoms with Gasteiger partial charge in [0.25, 0.3) is 5.91 Å². The summed E-state index contributed by atoms with van der Waals surface area (Å²) in [4.78, 5) is 18.7. The standard InChI is InChI=1S/C17H16FN5O2/c1-22-16-14(20-21-22)6-11(8-19-16)17(25)23-9-13(24)7-15(23)10-3-2-4-12(18)5-10/h2-6,8,13,15,24H,7,9H2,1H3/t13-,15+/m1/s1. The molecule has 3 aromatic rings. The molecule has 8 heteroatoms. The van der Waals surface area contributed by atoms with Crippen molar-refractivity contribution in [1.29, 1.82) is 0 Å². The average Bonchev–Trinajstić information content (AvgIpc) is 3.17. The van der Waals surface area contributed by atoms with Crippen LogP contribution in [0.5, 0.6) is 0 Å². The number of β-amino-alcohol motifs (C(OH)–C–C–N with tert-alkyl or cyclic N) is 1. The van der Waals surface area contributed by atoms with Crippen LogP contribution in [0.3, 0.4) is 0 Å². The molecule has 1 saturated heterocycles. The van der Waals surface area contributed by atoms with Crippen LogP contribution in [0.4, 0.5) is 4.39 Å². The summed E-state index contributed by atoms with van der Waals surface area (Å²) in [5, 5.41) is 17.9. The van der Waals surface area contributed by atoms with Gasteiger partial charge in [-0.15, -0.1) is 5.10 Å². The van der Waals surface area contributed by atoms with Crippen LogP contribution in [0.1, 0.15) is 28.4 Å². The molecule has 0 radical (unpaired) electrons. The third-order valence-electron chi connectivity index (χ3n) is 4.46. The van der Waals surface area contributed by atoms with Crippen molar-refractivity contribution in [2.75, 3.05) is 6.54 Å². The smallest absolute Gasteiger partial charge is 0.256 e. The van der Waals surface area contributed by atoms with Crippen molar-refractivity contribution in [3.8, 4) is 0 Å². The van der Waals surface area contributed by atoms with E-state index in [2.05, 4.69) is 15.3 Å². The van der Waals surface area contributed by atoms with Gasteiger partial charge in [-0.05, 0) is 30.2 Å². The molecular formula is C17H16FN5O2. The van der Waals surface area contributed by atoms with Crippen LogP contribution in [-0.2, 0) is 7.05 Å². The van der Waals surface area contributed by atoms with E-state index in [0.29, 0.717) is 28.7 Å². The lowest BCUT2D eigenvalue weighted by Crippen LogP contribution is -2.31. The highest BCUT2D eigenvalue weighted by atomic mass is 19.1. The van der Waals surface area contributed by atoms with E-state index in [-0.39, 0.29) is 24.3 Å². The van der Waals surface area contributed by atoms with E-state index in [1.165, 1.54) is 23.0 Å². The molecule has 7 nitrogen and oxygen atoms in total. The second-order valence-electron chi connectivity index (χ2n) is 6.20. The highest BCUT2D eigenvalue weighted by Crippen LogP contribution is 2.33. The summed E-state index contributed by atoms with van der Waals surface area (Å²) in [6.45, 7) is 0.193. The molecule has 3 heterocycles. The maximum Gasteiger partial charge on any atom is 0.256 e. The molecule has 25 heavy (non-hydrogen) atoms. The number of aryl methyl sites for hydroxylation is 1. The van der Waals surface area contributed by atoms with Crippen molar-refractivity contribution < 1.29 is 14.3 Å². The minimum absolute atomic E-state index is 0.193. The Morgan fingerprint density at radius 1 is 1.36 bits per heavy atom. The van der Waals surface area contributed by atoms with E-state index < -0.39 is 6.10 Å². The van der Waals surface area contributed by atoms with Crippen LogP contribution in [0.25, 0.3) is 11.2 Å². The van der Waals surface area contributed by atoms with Crippen LogP contribution < -0.4 is 0 Å². The molecule has 1 fully saturated rings. The molecule has 1 amide bonds. The van der Waals surface area contributed by atoms with Crippen molar-refractivity contribution in [3.63, 3.8) is 0 Å². The maximum atomic E-state index is 13.6. The number of carbonyl (C=O) groups is 1. The van der Waals surface area contributed by atoms with E-state index in [4.69, 9.17) is 0 Å². The second-order valence-corrected chi connectivity index (χ2v) is 6.20. The SMILES string of the molecule is Cn1nnc2cc(C(=O)N3C[C@H](O)C[C@H]3c3cccc(F)c3)cnc21. The third kappa shape index (κ3) is 2.74. The molecule has 128 valence electrons. The molecule has 1 aromatic carbocycles. The van der Waals surface area contributed by atoms with E-state index in [0.717, 1.165) is 0 Å². The fourth-order valence-electron chi connectivity index (χ4n) is 3.28. The van der Waals surface area contributed by atoms with Crippen LogP contribution in [-0.4, -0.2) is 48.5 Å². The second kappa shape index (κ2) is 5.89. The van der Waals surface area contributed by atoms with Crippen molar-refractivity contribution in [1.82, 2.24) is 24.9 Å². The molecule has 0 spiro atoms. The molecule has 0 saturated carbocycles. The number of pyridine rings is 1. The van der Waals surface area contributed by atoms with Gasteiger partial charge in [0.05, 0.1) is 17.7 Å². The first-order valence-corrected chi connectivity index (χ1v) is 7.93. The monoisotopic (exact) mass is 341 g/mol. The number of halogens is 1. The van der Waals surface area contributed by atoms with E-state index in [1.807, 2.05) is 0 Å². The summed E-state index contributed by atoms with van der Waals surface area (Å²) < 4.78 is 15.1.